The molecule has 2 atom stereocenters. The van der Waals surface area contributed by atoms with Gasteiger partial charge in [-0.2, -0.15) is 5.10 Å². The van der Waals surface area contributed by atoms with Gasteiger partial charge in [0, 0.05) is 11.9 Å². The van der Waals surface area contributed by atoms with E-state index in [2.05, 4.69) is 15.5 Å². The first-order valence-electron chi connectivity index (χ1n) is 5.71. The summed E-state index contributed by atoms with van der Waals surface area (Å²) in [6.45, 7) is 0. The van der Waals surface area contributed by atoms with E-state index in [0.717, 1.165) is 31.4 Å². The van der Waals surface area contributed by atoms with Gasteiger partial charge in [0.15, 0.2) is 0 Å². The number of H-pyrrole nitrogens is 1. The number of carbonyl (C=O) groups is 1. The highest BCUT2D eigenvalue weighted by atomic mass is 16.3. The standard InChI is InChI=1S/C11H17N3O2/c15-10-4-2-1-3-9(10)13-11(16)7-8-5-6-12-14-8/h5-6,9-10,15H,1-4,7H2,(H,12,14)(H,13,16)/t9-,10-/m0/s1. The minimum absolute atomic E-state index is 0.0600. The average molecular weight is 223 g/mol. The van der Waals surface area contributed by atoms with Crippen LogP contribution >= 0.6 is 0 Å². The summed E-state index contributed by atoms with van der Waals surface area (Å²) < 4.78 is 0. The summed E-state index contributed by atoms with van der Waals surface area (Å²) in [5, 5.41) is 19.1. The molecule has 0 radical (unpaired) electrons. The van der Waals surface area contributed by atoms with Crippen LogP contribution in [0.25, 0.3) is 0 Å². The van der Waals surface area contributed by atoms with Crippen molar-refractivity contribution in [3.05, 3.63) is 18.0 Å². The van der Waals surface area contributed by atoms with Crippen molar-refractivity contribution >= 4 is 5.91 Å². The number of amides is 1. The fourth-order valence-corrected chi connectivity index (χ4v) is 2.09. The Morgan fingerprint density at radius 3 is 3.06 bits per heavy atom. The van der Waals surface area contributed by atoms with Gasteiger partial charge in [0.25, 0.3) is 0 Å². The summed E-state index contributed by atoms with van der Waals surface area (Å²) in [6.07, 6.45) is 5.31. The molecule has 1 aromatic rings. The molecule has 0 unspecified atom stereocenters. The highest BCUT2D eigenvalue weighted by molar-refractivity contribution is 5.78. The molecule has 0 aromatic carbocycles. The lowest BCUT2D eigenvalue weighted by Gasteiger charge is -2.28. The van der Waals surface area contributed by atoms with Gasteiger partial charge in [-0.05, 0) is 18.9 Å². The minimum Gasteiger partial charge on any atom is -0.391 e. The van der Waals surface area contributed by atoms with Gasteiger partial charge in [-0.15, -0.1) is 0 Å². The number of aromatic nitrogens is 2. The Morgan fingerprint density at radius 2 is 2.38 bits per heavy atom. The van der Waals surface area contributed by atoms with E-state index >= 15 is 0 Å². The molecule has 5 heteroatoms. The lowest BCUT2D eigenvalue weighted by molar-refractivity contribution is -0.122. The van der Waals surface area contributed by atoms with Crippen molar-refractivity contribution in [2.24, 2.45) is 0 Å². The zero-order valence-electron chi connectivity index (χ0n) is 9.15. The molecular weight excluding hydrogens is 206 g/mol. The van der Waals surface area contributed by atoms with Crippen molar-refractivity contribution in [1.29, 1.82) is 0 Å². The third-order valence-corrected chi connectivity index (χ3v) is 2.99. The molecule has 1 aliphatic rings. The molecule has 5 nitrogen and oxygen atoms in total. The largest absolute Gasteiger partial charge is 0.391 e. The third-order valence-electron chi connectivity index (χ3n) is 2.99. The SMILES string of the molecule is O=C(Cc1ccn[nH]1)N[C@H]1CCCC[C@@H]1O. The molecular formula is C11H17N3O2. The number of nitrogens with zero attached hydrogens (tertiary/aromatic N) is 1. The van der Waals surface area contributed by atoms with Crippen LogP contribution in [0.1, 0.15) is 31.4 Å². The van der Waals surface area contributed by atoms with Crippen LogP contribution in [0.2, 0.25) is 0 Å². The molecule has 1 heterocycles. The van der Waals surface area contributed by atoms with Crippen molar-refractivity contribution in [1.82, 2.24) is 15.5 Å². The van der Waals surface area contributed by atoms with Gasteiger partial charge in [-0.3, -0.25) is 9.89 Å². The predicted octanol–water partition coefficient (Wildman–Crippen LogP) is 0.372. The van der Waals surface area contributed by atoms with Crippen LogP contribution in [0, 0.1) is 0 Å². The van der Waals surface area contributed by atoms with Crippen molar-refractivity contribution in [2.75, 3.05) is 0 Å². The smallest absolute Gasteiger partial charge is 0.226 e. The van der Waals surface area contributed by atoms with Crippen LogP contribution < -0.4 is 5.32 Å². The molecule has 1 aromatic heterocycles. The Bertz CT molecular complexity index is 337. The zero-order chi connectivity index (χ0) is 11.4. The summed E-state index contributed by atoms with van der Waals surface area (Å²) in [5.41, 5.74) is 0.794. The van der Waals surface area contributed by atoms with E-state index in [1.54, 1.807) is 12.3 Å². The van der Waals surface area contributed by atoms with Gasteiger partial charge in [0.2, 0.25) is 5.91 Å². The van der Waals surface area contributed by atoms with E-state index in [4.69, 9.17) is 0 Å². The Labute approximate surface area is 94.2 Å². The second kappa shape index (κ2) is 5.12. The lowest BCUT2D eigenvalue weighted by Crippen LogP contribution is -2.45. The van der Waals surface area contributed by atoms with Crippen LogP contribution in [0.15, 0.2) is 12.3 Å². The molecule has 1 saturated carbocycles. The Kier molecular flexibility index (Phi) is 3.56. The van der Waals surface area contributed by atoms with E-state index in [-0.39, 0.29) is 18.1 Å². The molecule has 1 fully saturated rings. The number of aromatic amines is 1. The molecule has 0 aliphatic heterocycles. The Hall–Kier alpha value is -1.36. The van der Waals surface area contributed by atoms with Crippen molar-refractivity contribution in [3.63, 3.8) is 0 Å². The van der Waals surface area contributed by atoms with Crippen molar-refractivity contribution in [2.45, 2.75) is 44.2 Å². The summed E-state index contributed by atoms with van der Waals surface area (Å²) >= 11 is 0. The monoisotopic (exact) mass is 223 g/mol. The first-order chi connectivity index (χ1) is 7.75. The van der Waals surface area contributed by atoms with E-state index in [9.17, 15) is 9.90 Å². The maximum atomic E-state index is 11.7. The van der Waals surface area contributed by atoms with Gasteiger partial charge in [-0.1, -0.05) is 12.8 Å². The first-order valence-corrected chi connectivity index (χ1v) is 5.71. The molecule has 1 aliphatic carbocycles. The van der Waals surface area contributed by atoms with Crippen molar-refractivity contribution in [3.8, 4) is 0 Å². The molecule has 2 rings (SSSR count). The maximum Gasteiger partial charge on any atom is 0.226 e. The fraction of sp³-hybridized carbons (Fsp3) is 0.636. The van der Waals surface area contributed by atoms with Crippen LogP contribution in [0.5, 0.6) is 0 Å². The molecule has 3 N–H and O–H groups in total. The highest BCUT2D eigenvalue weighted by Gasteiger charge is 2.24. The number of aliphatic hydroxyl groups is 1. The Morgan fingerprint density at radius 1 is 1.56 bits per heavy atom. The molecule has 0 bridgehead atoms. The first kappa shape index (κ1) is 11.1. The lowest BCUT2D eigenvalue weighted by atomic mass is 9.92. The fourth-order valence-electron chi connectivity index (χ4n) is 2.09. The van der Waals surface area contributed by atoms with E-state index in [1.807, 2.05) is 0 Å². The summed E-state index contributed by atoms with van der Waals surface area (Å²) in [7, 11) is 0. The summed E-state index contributed by atoms with van der Waals surface area (Å²) in [4.78, 5) is 11.7. The van der Waals surface area contributed by atoms with E-state index in [1.165, 1.54) is 0 Å². The van der Waals surface area contributed by atoms with Gasteiger partial charge >= 0.3 is 0 Å². The maximum absolute atomic E-state index is 11.7. The molecule has 88 valence electrons. The van der Waals surface area contributed by atoms with Gasteiger partial charge in [0.05, 0.1) is 18.6 Å². The van der Waals surface area contributed by atoms with Crippen LogP contribution in [-0.4, -0.2) is 33.4 Å². The molecule has 16 heavy (non-hydrogen) atoms. The third kappa shape index (κ3) is 2.82. The zero-order valence-corrected chi connectivity index (χ0v) is 9.15. The average Bonchev–Trinajstić information content (AvgIpc) is 2.74. The predicted molar refractivity (Wildman–Crippen MR) is 58.7 cm³/mol. The molecule has 0 spiro atoms. The molecule has 1 amide bonds. The van der Waals surface area contributed by atoms with Gasteiger partial charge in [0.1, 0.15) is 0 Å². The quantitative estimate of drug-likeness (QED) is 0.693. The van der Waals surface area contributed by atoms with Crippen LogP contribution in [0.3, 0.4) is 0 Å². The minimum atomic E-state index is -0.389. The van der Waals surface area contributed by atoms with E-state index < -0.39 is 0 Å². The normalized spacial score (nSPS) is 25.3. The molecule has 0 saturated heterocycles. The van der Waals surface area contributed by atoms with Crippen molar-refractivity contribution < 1.29 is 9.90 Å². The van der Waals surface area contributed by atoms with Gasteiger partial charge in [-0.25, -0.2) is 0 Å². The summed E-state index contributed by atoms with van der Waals surface area (Å²) in [5.74, 6) is -0.0600. The highest BCUT2D eigenvalue weighted by Crippen LogP contribution is 2.18. The topological polar surface area (TPSA) is 78.0 Å². The van der Waals surface area contributed by atoms with Gasteiger partial charge < -0.3 is 10.4 Å². The number of carbonyl (C=O) groups excluding carboxylic acids is 1. The second-order valence-electron chi connectivity index (χ2n) is 4.28. The van der Waals surface area contributed by atoms with Crippen LogP contribution in [0.4, 0.5) is 0 Å². The Balaban J connectivity index is 1.82. The van der Waals surface area contributed by atoms with Crippen LogP contribution in [-0.2, 0) is 11.2 Å². The summed E-state index contributed by atoms with van der Waals surface area (Å²) in [6, 6.07) is 1.70. The number of nitrogens with one attached hydrogen (secondary N) is 2. The number of hydrogen-bond acceptors (Lipinski definition) is 3. The number of hydrogen-bond donors (Lipinski definition) is 3. The number of rotatable bonds is 3. The number of aliphatic hydroxyl groups excluding tert-OH is 1. The van der Waals surface area contributed by atoms with E-state index in [0.29, 0.717) is 6.42 Å². The second-order valence-corrected chi connectivity index (χ2v) is 4.28.